The number of anilines is 1. The minimum Gasteiger partial charge on any atom is -0.365 e. The van der Waals surface area contributed by atoms with E-state index in [0.29, 0.717) is 23.4 Å². The highest BCUT2D eigenvalue weighted by Gasteiger charge is 2.47. The van der Waals surface area contributed by atoms with Crippen molar-refractivity contribution in [2.45, 2.75) is 38.5 Å². The Balaban J connectivity index is 1.51. The molecule has 4 rings (SSSR count). The van der Waals surface area contributed by atoms with Crippen molar-refractivity contribution in [3.05, 3.63) is 28.2 Å². The Morgan fingerprint density at radius 3 is 2.37 bits per heavy atom. The molecular formula is C19H21N3O4S. The number of carbonyl (C=O) groups excluding carboxylic acids is 4. The molecule has 1 fully saturated rings. The number of nitrogens with zero attached hydrogens (tertiary/aromatic N) is 1. The maximum absolute atomic E-state index is 12.5. The lowest BCUT2D eigenvalue weighted by Gasteiger charge is -2.14. The Hall–Kier alpha value is -2.48. The lowest BCUT2D eigenvalue weighted by Crippen LogP contribution is -2.38. The lowest BCUT2D eigenvalue weighted by molar-refractivity contribution is -0.142. The quantitative estimate of drug-likeness (QED) is 0.604. The average Bonchev–Trinajstić information content (AvgIpc) is 3.12. The van der Waals surface area contributed by atoms with E-state index in [9.17, 15) is 19.2 Å². The number of hydrogen-bond donors (Lipinski definition) is 2. The fourth-order valence-corrected chi connectivity index (χ4v) is 5.56. The number of primary amides is 1. The van der Waals surface area contributed by atoms with Crippen molar-refractivity contribution in [2.24, 2.45) is 17.6 Å². The number of amides is 4. The molecule has 8 heteroatoms. The van der Waals surface area contributed by atoms with E-state index in [4.69, 9.17) is 5.73 Å². The molecule has 2 atom stereocenters. The van der Waals surface area contributed by atoms with Gasteiger partial charge in [-0.1, -0.05) is 12.2 Å². The number of aryl methyl sites for hydroxylation is 1. The van der Waals surface area contributed by atoms with E-state index < -0.39 is 11.8 Å². The van der Waals surface area contributed by atoms with Gasteiger partial charge in [0.05, 0.1) is 17.4 Å². The Kier molecular flexibility index (Phi) is 4.59. The molecular weight excluding hydrogens is 366 g/mol. The van der Waals surface area contributed by atoms with Gasteiger partial charge < -0.3 is 11.1 Å². The predicted molar refractivity (Wildman–Crippen MR) is 100 cm³/mol. The Morgan fingerprint density at radius 1 is 1.11 bits per heavy atom. The summed E-state index contributed by atoms with van der Waals surface area (Å²) < 4.78 is 0. The molecule has 0 aromatic carbocycles. The minimum atomic E-state index is -0.560. The van der Waals surface area contributed by atoms with Crippen molar-refractivity contribution >= 4 is 40.0 Å². The molecule has 1 saturated heterocycles. The molecule has 0 spiro atoms. The third-order valence-electron chi connectivity index (χ3n) is 5.57. The molecule has 3 N–H and O–H groups in total. The molecule has 1 aromatic rings. The molecule has 1 aliphatic heterocycles. The van der Waals surface area contributed by atoms with Crippen molar-refractivity contribution in [3.63, 3.8) is 0 Å². The normalized spacial score (nSPS) is 23.9. The van der Waals surface area contributed by atoms with E-state index in [2.05, 4.69) is 5.32 Å². The molecule has 1 aromatic heterocycles. The smallest absolute Gasteiger partial charge is 0.251 e. The molecule has 2 aliphatic carbocycles. The van der Waals surface area contributed by atoms with Gasteiger partial charge in [-0.25, -0.2) is 0 Å². The van der Waals surface area contributed by atoms with Gasteiger partial charge in [0.2, 0.25) is 17.7 Å². The zero-order valence-electron chi connectivity index (χ0n) is 14.8. The van der Waals surface area contributed by atoms with E-state index in [1.54, 1.807) is 0 Å². The number of nitrogens with two attached hydrogens (primary N) is 1. The number of imide groups is 1. The minimum absolute atomic E-state index is 0.287. The monoisotopic (exact) mass is 387 g/mol. The van der Waals surface area contributed by atoms with Crippen molar-refractivity contribution in [2.75, 3.05) is 11.9 Å². The van der Waals surface area contributed by atoms with E-state index in [1.165, 1.54) is 11.3 Å². The van der Waals surface area contributed by atoms with Gasteiger partial charge >= 0.3 is 0 Å². The van der Waals surface area contributed by atoms with Crippen LogP contribution in [0.4, 0.5) is 5.00 Å². The fourth-order valence-electron chi connectivity index (χ4n) is 4.25. The predicted octanol–water partition coefficient (Wildman–Crippen LogP) is 1.62. The van der Waals surface area contributed by atoms with Crippen LogP contribution in [0.1, 0.15) is 46.5 Å². The number of thiophene rings is 1. The van der Waals surface area contributed by atoms with Crippen LogP contribution in [-0.4, -0.2) is 35.1 Å². The number of allylic oxidation sites excluding steroid dienone is 2. The van der Waals surface area contributed by atoms with Crippen LogP contribution in [0.25, 0.3) is 0 Å². The summed E-state index contributed by atoms with van der Waals surface area (Å²) in [6.07, 6.45) is 8.58. The lowest BCUT2D eigenvalue weighted by atomic mass is 9.85. The molecule has 2 heterocycles. The van der Waals surface area contributed by atoms with Gasteiger partial charge in [0, 0.05) is 4.88 Å². The van der Waals surface area contributed by atoms with Gasteiger partial charge in [-0.15, -0.1) is 11.3 Å². The Labute approximate surface area is 160 Å². The molecule has 0 bridgehead atoms. The summed E-state index contributed by atoms with van der Waals surface area (Å²) in [5, 5.41) is 3.14. The van der Waals surface area contributed by atoms with E-state index in [1.807, 2.05) is 12.2 Å². The van der Waals surface area contributed by atoms with Crippen molar-refractivity contribution in [3.8, 4) is 0 Å². The van der Waals surface area contributed by atoms with Gasteiger partial charge in [-0.05, 0) is 44.1 Å². The number of fused-ring (bicyclic) bond motifs is 2. The summed E-state index contributed by atoms with van der Waals surface area (Å²) >= 11 is 1.37. The summed E-state index contributed by atoms with van der Waals surface area (Å²) in [5.74, 6) is -2.33. The van der Waals surface area contributed by atoms with E-state index in [-0.39, 0.29) is 30.2 Å². The van der Waals surface area contributed by atoms with Crippen molar-refractivity contribution in [1.82, 2.24) is 4.90 Å². The van der Waals surface area contributed by atoms with Gasteiger partial charge in [0.1, 0.15) is 11.5 Å². The molecule has 7 nitrogen and oxygen atoms in total. The van der Waals surface area contributed by atoms with Crippen LogP contribution >= 0.6 is 11.3 Å². The van der Waals surface area contributed by atoms with Gasteiger partial charge in [-0.2, -0.15) is 0 Å². The second kappa shape index (κ2) is 6.92. The van der Waals surface area contributed by atoms with Crippen LogP contribution in [0.2, 0.25) is 0 Å². The zero-order chi connectivity index (χ0) is 19.1. The second-order valence-corrected chi connectivity index (χ2v) is 8.35. The molecule has 3 aliphatic rings. The second-order valence-electron chi connectivity index (χ2n) is 7.25. The number of carbonyl (C=O) groups is 4. The molecule has 0 radical (unpaired) electrons. The Morgan fingerprint density at radius 2 is 1.74 bits per heavy atom. The molecule has 27 heavy (non-hydrogen) atoms. The maximum atomic E-state index is 12.5. The summed E-state index contributed by atoms with van der Waals surface area (Å²) in [6, 6.07) is 0. The summed E-state index contributed by atoms with van der Waals surface area (Å²) in [6.45, 7) is -0.328. The van der Waals surface area contributed by atoms with Crippen LogP contribution in [0.5, 0.6) is 0 Å². The highest BCUT2D eigenvalue weighted by molar-refractivity contribution is 7.17. The first-order valence-electron chi connectivity index (χ1n) is 9.21. The van der Waals surface area contributed by atoms with Gasteiger partial charge in [0.25, 0.3) is 5.91 Å². The summed E-state index contributed by atoms with van der Waals surface area (Å²) in [7, 11) is 0. The van der Waals surface area contributed by atoms with E-state index in [0.717, 1.165) is 41.0 Å². The first-order chi connectivity index (χ1) is 13.0. The largest absolute Gasteiger partial charge is 0.365 e. The third kappa shape index (κ3) is 3.07. The number of nitrogens with one attached hydrogen (secondary N) is 1. The van der Waals surface area contributed by atoms with Gasteiger partial charge in [-0.3, -0.25) is 24.1 Å². The molecule has 142 valence electrons. The van der Waals surface area contributed by atoms with Crippen LogP contribution < -0.4 is 11.1 Å². The highest BCUT2D eigenvalue weighted by Crippen LogP contribution is 2.38. The van der Waals surface area contributed by atoms with E-state index >= 15 is 0 Å². The van der Waals surface area contributed by atoms with Crippen molar-refractivity contribution < 1.29 is 19.2 Å². The molecule has 4 amide bonds. The van der Waals surface area contributed by atoms with Crippen LogP contribution in [-0.2, 0) is 27.2 Å². The Bertz CT molecular complexity index is 847. The number of likely N-dealkylation sites (tertiary alicyclic amines) is 1. The topological polar surface area (TPSA) is 110 Å². The van der Waals surface area contributed by atoms with Crippen LogP contribution in [0, 0.1) is 11.8 Å². The zero-order valence-corrected chi connectivity index (χ0v) is 15.6. The standard InChI is InChI=1S/C19H21N3O4S/c20-16(24)15-12-7-3-4-8-13(12)27-17(15)21-14(23)9-22-18(25)10-5-1-2-6-11(10)19(22)26/h1-2,10-11H,3-9H2,(H2,20,24)(H,21,23). The SMILES string of the molecule is NC(=O)c1c(NC(=O)CN2C(=O)C3CC=CCC3C2=O)sc2c1CCCC2. The molecule has 0 saturated carbocycles. The first-order valence-corrected chi connectivity index (χ1v) is 10.0. The van der Waals surface area contributed by atoms with Crippen LogP contribution in [0.3, 0.4) is 0 Å². The number of hydrogen-bond acceptors (Lipinski definition) is 5. The average molecular weight is 387 g/mol. The first kappa shape index (κ1) is 17.9. The molecule has 2 unspecified atom stereocenters. The summed E-state index contributed by atoms with van der Waals surface area (Å²) in [4.78, 5) is 51.6. The number of rotatable bonds is 4. The summed E-state index contributed by atoms with van der Waals surface area (Å²) in [5.41, 5.74) is 6.84. The third-order valence-corrected chi connectivity index (χ3v) is 6.78. The fraction of sp³-hybridized carbons (Fsp3) is 0.474. The maximum Gasteiger partial charge on any atom is 0.251 e. The van der Waals surface area contributed by atoms with Crippen molar-refractivity contribution in [1.29, 1.82) is 0 Å². The highest BCUT2D eigenvalue weighted by atomic mass is 32.1. The van der Waals surface area contributed by atoms with Gasteiger partial charge in [0.15, 0.2) is 0 Å². The van der Waals surface area contributed by atoms with Crippen LogP contribution in [0.15, 0.2) is 12.2 Å².